The zero-order valence-electron chi connectivity index (χ0n) is 7.98. The minimum Gasteiger partial charge on any atom is -0.478 e. The molecule has 0 bridgehead atoms. The van der Waals surface area contributed by atoms with Crippen LogP contribution in [0.1, 0.15) is 10.4 Å². The van der Waals surface area contributed by atoms with Gasteiger partial charge in [0, 0.05) is 18.8 Å². The third kappa shape index (κ3) is 1.97. The Bertz CT molecular complexity index is 421. The quantitative estimate of drug-likeness (QED) is 0.783. The van der Waals surface area contributed by atoms with Crippen LogP contribution in [0.3, 0.4) is 0 Å². The zero-order valence-corrected chi connectivity index (χ0v) is 8.74. The fourth-order valence-corrected chi connectivity index (χ4v) is 1.82. The predicted octanol–water partition coefficient (Wildman–Crippen LogP) is 2.41. The molecule has 1 heterocycles. The number of halogens is 1. The van der Waals surface area contributed by atoms with Crippen molar-refractivity contribution in [1.82, 2.24) is 0 Å². The topological polar surface area (TPSA) is 40.5 Å². The Morgan fingerprint density at radius 2 is 2.00 bits per heavy atom. The van der Waals surface area contributed by atoms with Crippen LogP contribution in [0.5, 0.6) is 0 Å². The lowest BCUT2D eigenvalue weighted by molar-refractivity contribution is 0.0697. The molecule has 1 aromatic carbocycles. The van der Waals surface area contributed by atoms with Gasteiger partial charge in [-0.1, -0.05) is 23.8 Å². The third-order valence-corrected chi connectivity index (χ3v) is 2.68. The lowest BCUT2D eigenvalue weighted by Gasteiger charge is -2.18. The zero-order chi connectivity index (χ0) is 10.8. The van der Waals surface area contributed by atoms with Gasteiger partial charge >= 0.3 is 5.97 Å². The van der Waals surface area contributed by atoms with Gasteiger partial charge in [0.1, 0.15) is 0 Å². The SMILES string of the molecule is O=C(O)c1ccc(N2CC=CC2)cc1Cl. The van der Waals surface area contributed by atoms with Crippen LogP contribution < -0.4 is 4.90 Å². The molecule has 4 heteroatoms. The lowest BCUT2D eigenvalue weighted by Crippen LogP contribution is -2.18. The summed E-state index contributed by atoms with van der Waals surface area (Å²) in [5.41, 5.74) is 1.10. The van der Waals surface area contributed by atoms with Crippen LogP contribution in [-0.4, -0.2) is 24.2 Å². The average molecular weight is 224 g/mol. The van der Waals surface area contributed by atoms with Gasteiger partial charge in [0.15, 0.2) is 0 Å². The highest BCUT2D eigenvalue weighted by Gasteiger charge is 2.12. The molecule has 1 aliphatic heterocycles. The van der Waals surface area contributed by atoms with Crippen molar-refractivity contribution in [2.75, 3.05) is 18.0 Å². The highest BCUT2D eigenvalue weighted by Crippen LogP contribution is 2.24. The van der Waals surface area contributed by atoms with Crippen LogP contribution in [0.25, 0.3) is 0 Å². The summed E-state index contributed by atoms with van der Waals surface area (Å²) in [6.45, 7) is 1.70. The van der Waals surface area contributed by atoms with Crippen LogP contribution >= 0.6 is 11.6 Å². The van der Waals surface area contributed by atoms with Crippen LogP contribution in [0, 0.1) is 0 Å². The maximum atomic E-state index is 10.7. The Morgan fingerprint density at radius 1 is 1.33 bits per heavy atom. The van der Waals surface area contributed by atoms with Crippen molar-refractivity contribution in [2.24, 2.45) is 0 Å². The first kappa shape index (κ1) is 10.1. The minimum absolute atomic E-state index is 0.146. The van der Waals surface area contributed by atoms with Crippen LogP contribution in [0.2, 0.25) is 5.02 Å². The first-order chi connectivity index (χ1) is 7.18. The van der Waals surface area contributed by atoms with Gasteiger partial charge in [0.25, 0.3) is 0 Å². The molecule has 3 nitrogen and oxygen atoms in total. The fraction of sp³-hybridized carbons (Fsp3) is 0.182. The molecular formula is C11H10ClNO2. The largest absolute Gasteiger partial charge is 0.478 e. The number of carboxylic acid groups (broad SMARTS) is 1. The number of nitrogens with zero attached hydrogens (tertiary/aromatic N) is 1. The van der Waals surface area contributed by atoms with Crippen molar-refractivity contribution in [3.63, 3.8) is 0 Å². The number of aromatic carboxylic acids is 1. The van der Waals surface area contributed by atoms with E-state index in [0.29, 0.717) is 0 Å². The molecule has 0 saturated carbocycles. The first-order valence-electron chi connectivity index (χ1n) is 4.61. The van der Waals surface area contributed by atoms with E-state index in [4.69, 9.17) is 16.7 Å². The number of hydrogen-bond acceptors (Lipinski definition) is 2. The highest BCUT2D eigenvalue weighted by molar-refractivity contribution is 6.33. The number of carboxylic acids is 1. The molecule has 0 amide bonds. The first-order valence-corrected chi connectivity index (χ1v) is 4.99. The standard InChI is InChI=1S/C11H10ClNO2/c12-10-7-8(13-5-1-2-6-13)3-4-9(10)11(14)15/h1-4,7H,5-6H2,(H,14,15). The summed E-state index contributed by atoms with van der Waals surface area (Å²) in [5, 5.41) is 9.10. The van der Waals surface area contributed by atoms with E-state index in [1.807, 2.05) is 0 Å². The summed E-state index contributed by atoms with van der Waals surface area (Å²) in [7, 11) is 0. The molecule has 15 heavy (non-hydrogen) atoms. The molecule has 0 aliphatic carbocycles. The maximum absolute atomic E-state index is 10.7. The number of hydrogen-bond donors (Lipinski definition) is 1. The molecule has 78 valence electrons. The van der Waals surface area contributed by atoms with E-state index in [1.165, 1.54) is 0 Å². The lowest BCUT2D eigenvalue weighted by atomic mass is 10.2. The molecule has 0 aromatic heterocycles. The fourth-order valence-electron chi connectivity index (χ4n) is 1.56. The second-order valence-electron chi connectivity index (χ2n) is 3.35. The number of rotatable bonds is 2. The average Bonchev–Trinajstić information content (AvgIpc) is 2.69. The predicted molar refractivity (Wildman–Crippen MR) is 59.8 cm³/mol. The molecule has 0 fully saturated rings. The van der Waals surface area contributed by atoms with E-state index in [1.54, 1.807) is 18.2 Å². The molecule has 1 aromatic rings. The van der Waals surface area contributed by atoms with Gasteiger partial charge in [-0.2, -0.15) is 0 Å². The monoisotopic (exact) mass is 223 g/mol. The van der Waals surface area contributed by atoms with E-state index in [9.17, 15) is 4.79 Å². The van der Waals surface area contributed by atoms with Crippen molar-refractivity contribution in [3.8, 4) is 0 Å². The Hall–Kier alpha value is -1.48. The molecule has 1 N–H and O–H groups in total. The number of anilines is 1. The van der Waals surface area contributed by atoms with Crippen molar-refractivity contribution < 1.29 is 9.90 Å². The van der Waals surface area contributed by atoms with Crippen LogP contribution in [0.4, 0.5) is 5.69 Å². The van der Waals surface area contributed by atoms with Crippen molar-refractivity contribution in [1.29, 1.82) is 0 Å². The Labute approximate surface area is 92.6 Å². The second-order valence-corrected chi connectivity index (χ2v) is 3.75. The summed E-state index contributed by atoms with van der Waals surface area (Å²) < 4.78 is 0. The summed E-state index contributed by atoms with van der Waals surface area (Å²) >= 11 is 5.87. The molecule has 0 atom stereocenters. The van der Waals surface area contributed by atoms with Crippen LogP contribution in [-0.2, 0) is 0 Å². The molecular weight excluding hydrogens is 214 g/mol. The normalized spacial score (nSPS) is 14.6. The minimum atomic E-state index is -0.994. The van der Waals surface area contributed by atoms with Crippen molar-refractivity contribution in [3.05, 3.63) is 40.9 Å². The highest BCUT2D eigenvalue weighted by atomic mass is 35.5. The molecule has 0 saturated heterocycles. The second kappa shape index (κ2) is 3.95. The van der Waals surface area contributed by atoms with E-state index >= 15 is 0 Å². The van der Waals surface area contributed by atoms with E-state index < -0.39 is 5.97 Å². The number of benzene rings is 1. The Morgan fingerprint density at radius 3 is 2.53 bits per heavy atom. The summed E-state index contributed by atoms with van der Waals surface area (Å²) in [6.07, 6.45) is 4.14. The smallest absolute Gasteiger partial charge is 0.337 e. The van der Waals surface area contributed by atoms with E-state index in [0.717, 1.165) is 18.8 Å². The Kier molecular flexibility index (Phi) is 2.64. The summed E-state index contributed by atoms with van der Waals surface area (Å²) in [6, 6.07) is 5.01. The molecule has 2 rings (SSSR count). The van der Waals surface area contributed by atoms with Crippen LogP contribution in [0.15, 0.2) is 30.4 Å². The van der Waals surface area contributed by atoms with Gasteiger partial charge in [-0.3, -0.25) is 0 Å². The van der Waals surface area contributed by atoms with E-state index in [2.05, 4.69) is 17.1 Å². The van der Waals surface area contributed by atoms with Gasteiger partial charge in [0.05, 0.1) is 10.6 Å². The maximum Gasteiger partial charge on any atom is 0.337 e. The summed E-state index contributed by atoms with van der Waals surface area (Å²) in [5.74, 6) is -0.994. The summed E-state index contributed by atoms with van der Waals surface area (Å²) in [4.78, 5) is 12.9. The Balaban J connectivity index is 2.29. The molecule has 0 unspecified atom stereocenters. The molecule has 0 radical (unpaired) electrons. The van der Waals surface area contributed by atoms with Gasteiger partial charge < -0.3 is 10.0 Å². The van der Waals surface area contributed by atoms with Gasteiger partial charge in [0.2, 0.25) is 0 Å². The number of carbonyl (C=O) groups is 1. The van der Waals surface area contributed by atoms with Crippen molar-refractivity contribution in [2.45, 2.75) is 0 Å². The molecule has 0 spiro atoms. The molecule has 1 aliphatic rings. The van der Waals surface area contributed by atoms with Crippen molar-refractivity contribution >= 4 is 23.3 Å². The van der Waals surface area contributed by atoms with Gasteiger partial charge in [-0.15, -0.1) is 0 Å². The third-order valence-electron chi connectivity index (χ3n) is 2.37. The van der Waals surface area contributed by atoms with Gasteiger partial charge in [-0.25, -0.2) is 4.79 Å². The van der Waals surface area contributed by atoms with E-state index in [-0.39, 0.29) is 10.6 Å². The van der Waals surface area contributed by atoms with Gasteiger partial charge in [-0.05, 0) is 18.2 Å².